The molecule has 1 aromatic rings. The second kappa shape index (κ2) is 9.96. The lowest BCUT2D eigenvalue weighted by Gasteiger charge is -2.41. The van der Waals surface area contributed by atoms with Crippen LogP contribution in [0.4, 0.5) is 0 Å². The van der Waals surface area contributed by atoms with Gasteiger partial charge in [0.15, 0.2) is 0 Å². The van der Waals surface area contributed by atoms with E-state index < -0.39 is 5.91 Å². The van der Waals surface area contributed by atoms with Crippen molar-refractivity contribution in [3.8, 4) is 0 Å². The van der Waals surface area contributed by atoms with Crippen LogP contribution >= 0.6 is 24.2 Å². The number of halogens is 1. The summed E-state index contributed by atoms with van der Waals surface area (Å²) in [6.45, 7) is 3.10. The van der Waals surface area contributed by atoms with E-state index in [1.165, 1.54) is 11.8 Å². The van der Waals surface area contributed by atoms with Gasteiger partial charge in [0.25, 0.3) is 5.91 Å². The number of amides is 3. The Morgan fingerprint density at radius 3 is 2.78 bits per heavy atom. The molecule has 0 aromatic heterocycles. The summed E-state index contributed by atoms with van der Waals surface area (Å²) in [7, 11) is 0. The number of piperidine rings is 1. The van der Waals surface area contributed by atoms with Crippen LogP contribution in [0.25, 0.3) is 0 Å². The Morgan fingerprint density at radius 1 is 1.26 bits per heavy atom. The lowest BCUT2D eigenvalue weighted by atomic mass is 10.0. The van der Waals surface area contributed by atoms with E-state index in [-0.39, 0.29) is 36.0 Å². The fourth-order valence-electron chi connectivity index (χ4n) is 3.49. The van der Waals surface area contributed by atoms with Gasteiger partial charge in [-0.25, -0.2) is 0 Å². The number of rotatable bonds is 5. The van der Waals surface area contributed by atoms with E-state index in [0.717, 1.165) is 24.3 Å². The Labute approximate surface area is 169 Å². The predicted molar refractivity (Wildman–Crippen MR) is 107 cm³/mol. The SMILES string of the molecule is Cl.NC(=O)CSc1ccccc1C(=O)N1CCCC(N2CCNCC2=O)C1. The van der Waals surface area contributed by atoms with Crippen molar-refractivity contribution in [2.75, 3.05) is 38.5 Å². The molecule has 1 aromatic carbocycles. The first-order chi connectivity index (χ1) is 12.6. The minimum Gasteiger partial charge on any atom is -0.369 e. The summed E-state index contributed by atoms with van der Waals surface area (Å²) in [5.41, 5.74) is 5.81. The molecule has 7 nitrogen and oxygen atoms in total. The van der Waals surface area contributed by atoms with Crippen LogP contribution in [0, 0.1) is 0 Å². The zero-order valence-corrected chi connectivity index (χ0v) is 16.7. The summed E-state index contributed by atoms with van der Waals surface area (Å²) in [5.74, 6) is -0.215. The van der Waals surface area contributed by atoms with Crippen molar-refractivity contribution in [1.82, 2.24) is 15.1 Å². The van der Waals surface area contributed by atoms with Crippen molar-refractivity contribution in [3.05, 3.63) is 29.8 Å². The number of carbonyl (C=O) groups is 3. The predicted octanol–water partition coefficient (Wildman–Crippen LogP) is 0.722. The Hall–Kier alpha value is -1.77. The molecular formula is C18H25ClN4O3S. The number of likely N-dealkylation sites (tertiary alicyclic amines) is 1. The van der Waals surface area contributed by atoms with E-state index in [0.29, 0.717) is 31.7 Å². The molecule has 2 aliphatic rings. The highest BCUT2D eigenvalue weighted by molar-refractivity contribution is 8.00. The maximum atomic E-state index is 13.1. The number of primary amides is 1. The third-order valence-electron chi connectivity index (χ3n) is 4.74. The number of nitrogens with zero attached hydrogens (tertiary/aromatic N) is 2. The maximum Gasteiger partial charge on any atom is 0.255 e. The molecule has 1 unspecified atom stereocenters. The van der Waals surface area contributed by atoms with Crippen LogP contribution in [0.3, 0.4) is 0 Å². The van der Waals surface area contributed by atoms with Crippen LogP contribution in [0.1, 0.15) is 23.2 Å². The Morgan fingerprint density at radius 2 is 2.04 bits per heavy atom. The summed E-state index contributed by atoms with van der Waals surface area (Å²) in [6, 6.07) is 7.36. The molecule has 0 aliphatic carbocycles. The molecule has 9 heteroatoms. The average molecular weight is 413 g/mol. The highest BCUT2D eigenvalue weighted by atomic mass is 35.5. The van der Waals surface area contributed by atoms with Gasteiger partial charge in [0, 0.05) is 37.1 Å². The molecule has 1 atom stereocenters. The Balaban J connectivity index is 0.00000261. The molecule has 2 fully saturated rings. The summed E-state index contributed by atoms with van der Waals surface area (Å²) < 4.78 is 0. The summed E-state index contributed by atoms with van der Waals surface area (Å²) >= 11 is 1.28. The first-order valence-corrected chi connectivity index (χ1v) is 9.84. The Kier molecular flexibility index (Phi) is 7.94. The van der Waals surface area contributed by atoms with Crippen LogP contribution in [0.2, 0.25) is 0 Å². The van der Waals surface area contributed by atoms with Gasteiger partial charge in [0.2, 0.25) is 11.8 Å². The van der Waals surface area contributed by atoms with Gasteiger partial charge in [0.1, 0.15) is 0 Å². The van der Waals surface area contributed by atoms with Crippen molar-refractivity contribution in [1.29, 1.82) is 0 Å². The number of hydrogen-bond acceptors (Lipinski definition) is 5. The van der Waals surface area contributed by atoms with Crippen molar-refractivity contribution in [2.24, 2.45) is 5.73 Å². The second-order valence-electron chi connectivity index (χ2n) is 6.56. The normalized spacial score (nSPS) is 20.1. The third-order valence-corrected chi connectivity index (χ3v) is 5.83. The second-order valence-corrected chi connectivity index (χ2v) is 7.58. The summed E-state index contributed by atoms with van der Waals surface area (Å²) in [4.78, 5) is 40.8. The highest BCUT2D eigenvalue weighted by Crippen LogP contribution is 2.25. The third kappa shape index (κ3) is 5.37. The van der Waals surface area contributed by atoms with Gasteiger partial charge in [0.05, 0.1) is 17.9 Å². The molecule has 3 N–H and O–H groups in total. The molecule has 148 valence electrons. The first-order valence-electron chi connectivity index (χ1n) is 8.86. The van der Waals surface area contributed by atoms with Crippen LogP contribution in [-0.4, -0.2) is 72.0 Å². The lowest BCUT2D eigenvalue weighted by molar-refractivity contribution is -0.135. The van der Waals surface area contributed by atoms with Crippen LogP contribution in [0.15, 0.2) is 29.2 Å². The lowest BCUT2D eigenvalue weighted by Crippen LogP contribution is -2.57. The van der Waals surface area contributed by atoms with E-state index >= 15 is 0 Å². The zero-order valence-electron chi connectivity index (χ0n) is 15.1. The molecule has 2 heterocycles. The van der Waals surface area contributed by atoms with Gasteiger partial charge in [-0.1, -0.05) is 12.1 Å². The summed E-state index contributed by atoms with van der Waals surface area (Å²) in [5, 5.41) is 3.08. The van der Waals surface area contributed by atoms with Gasteiger partial charge in [-0.2, -0.15) is 0 Å². The van der Waals surface area contributed by atoms with Gasteiger partial charge >= 0.3 is 0 Å². The van der Waals surface area contributed by atoms with Crippen molar-refractivity contribution < 1.29 is 14.4 Å². The number of benzene rings is 1. The minimum atomic E-state index is -0.410. The Bertz CT molecular complexity index is 703. The van der Waals surface area contributed by atoms with E-state index in [9.17, 15) is 14.4 Å². The highest BCUT2D eigenvalue weighted by Gasteiger charge is 2.32. The quantitative estimate of drug-likeness (QED) is 0.695. The zero-order chi connectivity index (χ0) is 18.5. The fraction of sp³-hybridized carbons (Fsp3) is 0.500. The van der Waals surface area contributed by atoms with Crippen molar-refractivity contribution in [2.45, 2.75) is 23.8 Å². The van der Waals surface area contributed by atoms with Gasteiger partial charge in [-0.3, -0.25) is 14.4 Å². The van der Waals surface area contributed by atoms with Crippen molar-refractivity contribution >= 4 is 41.9 Å². The molecule has 0 bridgehead atoms. The maximum absolute atomic E-state index is 13.1. The molecule has 2 saturated heterocycles. The molecule has 0 radical (unpaired) electrons. The molecule has 0 spiro atoms. The average Bonchev–Trinajstić information content (AvgIpc) is 2.66. The van der Waals surface area contributed by atoms with Crippen molar-refractivity contribution in [3.63, 3.8) is 0 Å². The molecule has 3 amide bonds. The van der Waals surface area contributed by atoms with Crippen LogP contribution in [0.5, 0.6) is 0 Å². The van der Waals surface area contributed by atoms with Crippen LogP contribution < -0.4 is 11.1 Å². The number of nitrogens with one attached hydrogen (secondary N) is 1. The molecular weight excluding hydrogens is 388 g/mol. The fourth-order valence-corrected chi connectivity index (χ4v) is 4.27. The topological polar surface area (TPSA) is 95.7 Å². The number of nitrogens with two attached hydrogens (primary N) is 1. The number of thioether (sulfide) groups is 1. The van der Waals surface area contributed by atoms with Gasteiger partial charge in [-0.15, -0.1) is 24.2 Å². The van der Waals surface area contributed by atoms with Crippen LogP contribution in [-0.2, 0) is 9.59 Å². The molecule has 27 heavy (non-hydrogen) atoms. The minimum absolute atomic E-state index is 0. The number of hydrogen-bond donors (Lipinski definition) is 2. The largest absolute Gasteiger partial charge is 0.369 e. The smallest absolute Gasteiger partial charge is 0.255 e. The van der Waals surface area contributed by atoms with E-state index in [4.69, 9.17) is 5.73 Å². The van der Waals surface area contributed by atoms with E-state index in [2.05, 4.69) is 5.32 Å². The monoisotopic (exact) mass is 412 g/mol. The summed E-state index contributed by atoms with van der Waals surface area (Å²) in [6.07, 6.45) is 1.80. The molecule has 2 aliphatic heterocycles. The van der Waals surface area contributed by atoms with E-state index in [1.54, 1.807) is 6.07 Å². The standard InChI is InChI=1S/C18H24N4O3S.ClH/c19-16(23)12-26-15-6-2-1-5-14(15)18(25)21-8-3-4-13(11-21)22-9-7-20-10-17(22)24;/h1-2,5-6,13,20H,3-4,7-12H2,(H2,19,23);1H. The number of carbonyl (C=O) groups excluding carboxylic acids is 3. The molecule has 3 rings (SSSR count). The van der Waals surface area contributed by atoms with Gasteiger partial charge in [-0.05, 0) is 25.0 Å². The van der Waals surface area contributed by atoms with Gasteiger partial charge < -0.3 is 20.9 Å². The number of piperazine rings is 1. The first kappa shape index (κ1) is 21.5. The molecule has 0 saturated carbocycles. The van der Waals surface area contributed by atoms with E-state index in [1.807, 2.05) is 28.0 Å².